The SMILES string of the molecule is CC(=O)ON1CCC(c2nccnc2OCc2ccc(Cl)cc2F)CC1.N. The average molecular weight is 397 g/mol. The number of carbonyl (C=O) groups excluding carboxylic acids is 1. The van der Waals surface area contributed by atoms with Gasteiger partial charge in [0, 0.05) is 48.9 Å². The fraction of sp³-hybridized carbons (Fsp3) is 0.389. The molecule has 3 rings (SSSR count). The van der Waals surface area contributed by atoms with Crippen LogP contribution >= 0.6 is 11.6 Å². The molecule has 3 N–H and O–H groups in total. The van der Waals surface area contributed by atoms with Gasteiger partial charge < -0.3 is 15.7 Å². The number of aromatic nitrogens is 2. The maximum atomic E-state index is 13.9. The van der Waals surface area contributed by atoms with Gasteiger partial charge >= 0.3 is 5.97 Å². The van der Waals surface area contributed by atoms with Crippen molar-refractivity contribution in [3.63, 3.8) is 0 Å². The van der Waals surface area contributed by atoms with Gasteiger partial charge in [-0.1, -0.05) is 17.7 Å². The van der Waals surface area contributed by atoms with E-state index in [1.54, 1.807) is 29.6 Å². The first kappa shape index (κ1) is 21.0. The Labute approximate surface area is 162 Å². The normalized spacial score (nSPS) is 15.1. The van der Waals surface area contributed by atoms with Gasteiger partial charge in [0.25, 0.3) is 0 Å². The molecule has 7 nitrogen and oxygen atoms in total. The van der Waals surface area contributed by atoms with E-state index in [2.05, 4.69) is 9.97 Å². The molecule has 2 heterocycles. The number of piperidine rings is 1. The second-order valence-corrected chi connectivity index (χ2v) is 6.49. The van der Waals surface area contributed by atoms with E-state index in [0.29, 0.717) is 29.6 Å². The molecule has 0 atom stereocenters. The van der Waals surface area contributed by atoms with Gasteiger partial charge in [0.05, 0.1) is 0 Å². The van der Waals surface area contributed by atoms with Crippen LogP contribution in [0.2, 0.25) is 5.02 Å². The lowest BCUT2D eigenvalue weighted by Crippen LogP contribution is -2.34. The Bertz CT molecular complexity index is 785. The number of carbonyl (C=O) groups is 1. The van der Waals surface area contributed by atoms with Crippen LogP contribution in [0.15, 0.2) is 30.6 Å². The molecule has 0 radical (unpaired) electrons. The number of hydrogen-bond acceptors (Lipinski definition) is 7. The van der Waals surface area contributed by atoms with Crippen molar-refractivity contribution in [2.75, 3.05) is 13.1 Å². The maximum Gasteiger partial charge on any atom is 0.322 e. The largest absolute Gasteiger partial charge is 0.471 e. The van der Waals surface area contributed by atoms with Crippen molar-refractivity contribution in [2.45, 2.75) is 32.3 Å². The van der Waals surface area contributed by atoms with E-state index >= 15 is 0 Å². The highest BCUT2D eigenvalue weighted by atomic mass is 35.5. The Morgan fingerprint density at radius 1 is 1.30 bits per heavy atom. The molecule has 146 valence electrons. The van der Waals surface area contributed by atoms with Crippen molar-refractivity contribution >= 4 is 17.6 Å². The summed E-state index contributed by atoms with van der Waals surface area (Å²) in [6, 6.07) is 4.46. The maximum absolute atomic E-state index is 13.9. The zero-order valence-electron chi connectivity index (χ0n) is 15.0. The zero-order valence-corrected chi connectivity index (χ0v) is 15.8. The fourth-order valence-corrected chi connectivity index (χ4v) is 3.07. The predicted octanol–water partition coefficient (Wildman–Crippen LogP) is 3.67. The lowest BCUT2D eigenvalue weighted by Gasteiger charge is -2.30. The van der Waals surface area contributed by atoms with E-state index in [9.17, 15) is 9.18 Å². The van der Waals surface area contributed by atoms with Crippen LogP contribution in [-0.4, -0.2) is 34.1 Å². The fourth-order valence-electron chi connectivity index (χ4n) is 2.91. The lowest BCUT2D eigenvalue weighted by molar-refractivity contribution is -0.192. The molecule has 1 aliphatic heterocycles. The molecule has 0 spiro atoms. The molecule has 1 saturated heterocycles. The molecule has 9 heteroatoms. The molecule has 1 aromatic carbocycles. The van der Waals surface area contributed by atoms with Gasteiger partial charge in [-0.05, 0) is 25.0 Å². The summed E-state index contributed by atoms with van der Waals surface area (Å²) in [5, 5.41) is 1.99. The Balaban J connectivity index is 0.00000261. The molecular weight excluding hydrogens is 375 g/mol. The molecule has 2 aromatic rings. The third-order valence-electron chi connectivity index (χ3n) is 4.17. The van der Waals surface area contributed by atoms with E-state index in [1.807, 2.05) is 0 Å². The molecule has 27 heavy (non-hydrogen) atoms. The van der Waals surface area contributed by atoms with Gasteiger partial charge in [-0.2, -0.15) is 0 Å². The number of hydroxylamine groups is 2. The quantitative estimate of drug-likeness (QED) is 0.822. The van der Waals surface area contributed by atoms with Gasteiger partial charge in [-0.15, -0.1) is 5.06 Å². The van der Waals surface area contributed by atoms with Crippen molar-refractivity contribution < 1.29 is 18.8 Å². The van der Waals surface area contributed by atoms with E-state index in [1.165, 1.54) is 13.0 Å². The van der Waals surface area contributed by atoms with Gasteiger partial charge in [0.2, 0.25) is 5.88 Å². The number of benzene rings is 1. The third-order valence-corrected chi connectivity index (χ3v) is 4.40. The highest BCUT2D eigenvalue weighted by Gasteiger charge is 2.26. The highest BCUT2D eigenvalue weighted by molar-refractivity contribution is 6.30. The Morgan fingerprint density at radius 2 is 2.00 bits per heavy atom. The second-order valence-electron chi connectivity index (χ2n) is 6.06. The van der Waals surface area contributed by atoms with Crippen molar-refractivity contribution in [2.24, 2.45) is 0 Å². The number of ether oxygens (including phenoxy) is 1. The molecule has 1 aliphatic rings. The van der Waals surface area contributed by atoms with Crippen molar-refractivity contribution in [1.82, 2.24) is 21.2 Å². The van der Waals surface area contributed by atoms with Gasteiger partial charge in [0.15, 0.2) is 0 Å². The minimum Gasteiger partial charge on any atom is -0.471 e. The molecule has 1 aromatic heterocycles. The second kappa shape index (κ2) is 9.59. The van der Waals surface area contributed by atoms with Crippen LogP contribution in [0.5, 0.6) is 5.88 Å². The van der Waals surface area contributed by atoms with E-state index < -0.39 is 5.82 Å². The summed E-state index contributed by atoms with van der Waals surface area (Å²) in [7, 11) is 0. The van der Waals surface area contributed by atoms with Crippen molar-refractivity contribution in [1.29, 1.82) is 0 Å². The summed E-state index contributed by atoms with van der Waals surface area (Å²) in [4.78, 5) is 24.8. The van der Waals surface area contributed by atoms with Crippen molar-refractivity contribution in [3.8, 4) is 5.88 Å². The summed E-state index contributed by atoms with van der Waals surface area (Å²) >= 11 is 5.77. The summed E-state index contributed by atoms with van der Waals surface area (Å²) in [5.74, 6) is -0.206. The number of hydrogen-bond donors (Lipinski definition) is 1. The molecule has 0 bridgehead atoms. The molecule has 0 aliphatic carbocycles. The van der Waals surface area contributed by atoms with Gasteiger partial charge in [-0.3, -0.25) is 9.78 Å². The first-order chi connectivity index (χ1) is 12.5. The van der Waals surface area contributed by atoms with Crippen LogP contribution in [0.25, 0.3) is 0 Å². The summed E-state index contributed by atoms with van der Waals surface area (Å²) in [6.07, 6.45) is 4.68. The first-order valence-electron chi connectivity index (χ1n) is 8.34. The number of rotatable bonds is 5. The molecule has 0 unspecified atom stereocenters. The summed E-state index contributed by atoms with van der Waals surface area (Å²) in [5.41, 5.74) is 1.14. The minimum absolute atomic E-state index is 0. The highest BCUT2D eigenvalue weighted by Crippen LogP contribution is 2.32. The monoisotopic (exact) mass is 396 g/mol. The molecular formula is C18H22ClFN4O3. The van der Waals surface area contributed by atoms with Crippen LogP contribution in [0, 0.1) is 5.82 Å². The van der Waals surface area contributed by atoms with Crippen LogP contribution in [0.3, 0.4) is 0 Å². The molecule has 0 saturated carbocycles. The number of halogens is 2. The van der Waals surface area contributed by atoms with Gasteiger partial charge in [-0.25, -0.2) is 9.37 Å². The molecule has 0 amide bonds. The first-order valence-corrected chi connectivity index (χ1v) is 8.72. The topological polar surface area (TPSA) is 99.5 Å². The average Bonchev–Trinajstić information content (AvgIpc) is 2.61. The predicted molar refractivity (Wildman–Crippen MR) is 98.1 cm³/mol. The van der Waals surface area contributed by atoms with Crippen LogP contribution in [-0.2, 0) is 16.2 Å². The van der Waals surface area contributed by atoms with Gasteiger partial charge in [0.1, 0.15) is 18.1 Å². The smallest absolute Gasteiger partial charge is 0.322 e. The Hall–Kier alpha value is -2.29. The third kappa shape index (κ3) is 5.59. The van der Waals surface area contributed by atoms with Crippen molar-refractivity contribution in [3.05, 3.63) is 52.7 Å². The van der Waals surface area contributed by atoms with E-state index in [4.69, 9.17) is 21.2 Å². The lowest BCUT2D eigenvalue weighted by atomic mass is 9.94. The minimum atomic E-state index is -0.419. The van der Waals surface area contributed by atoms with Crippen LogP contribution in [0.4, 0.5) is 4.39 Å². The summed E-state index contributed by atoms with van der Waals surface area (Å²) in [6.45, 7) is 2.66. The summed E-state index contributed by atoms with van der Waals surface area (Å²) < 4.78 is 19.6. The Kier molecular flexibility index (Phi) is 7.46. The number of nitrogens with zero attached hydrogens (tertiary/aromatic N) is 3. The Morgan fingerprint density at radius 3 is 2.67 bits per heavy atom. The van der Waals surface area contributed by atoms with Crippen LogP contribution < -0.4 is 10.9 Å². The molecule has 1 fully saturated rings. The van der Waals surface area contributed by atoms with E-state index in [-0.39, 0.29) is 24.6 Å². The zero-order chi connectivity index (χ0) is 18.5. The van der Waals surface area contributed by atoms with Crippen LogP contribution in [0.1, 0.15) is 36.9 Å². The standard InChI is InChI=1S/C18H19ClFN3O3.H3N/c1-12(24)26-23-8-4-13(5-9-23)17-18(22-7-6-21-17)25-11-14-2-3-15(19)10-16(14)20;/h2-3,6-7,10,13H,4-5,8-9,11H2,1H3;1H3. The van der Waals surface area contributed by atoms with E-state index in [0.717, 1.165) is 18.5 Å².